The van der Waals surface area contributed by atoms with Gasteiger partial charge in [0, 0.05) is 42.3 Å². The highest BCUT2D eigenvalue weighted by Crippen LogP contribution is 2.47. The molecule has 0 saturated carbocycles. The molecule has 0 spiro atoms. The molecule has 0 aliphatic carbocycles. The number of nitrogens with one attached hydrogen (secondary N) is 1. The van der Waals surface area contributed by atoms with E-state index in [0.29, 0.717) is 25.2 Å². The molecule has 1 aliphatic heterocycles. The molecule has 45 heavy (non-hydrogen) atoms. The number of nitrogens with zero attached hydrogens (tertiary/aromatic N) is 2. The van der Waals surface area contributed by atoms with E-state index in [4.69, 9.17) is 0 Å². The largest absolute Gasteiger partial charge is 0.748 e. The lowest BCUT2D eigenvalue weighted by Crippen LogP contribution is -2.36. The van der Waals surface area contributed by atoms with Crippen LogP contribution in [0.4, 0.5) is 11.4 Å². The lowest BCUT2D eigenvalue weighted by atomic mass is 10.1. The molecular formula is C31H33N3O7S4. The fourth-order valence-corrected chi connectivity index (χ4v) is 8.59. The van der Waals surface area contributed by atoms with Gasteiger partial charge in [0.05, 0.1) is 32.0 Å². The molecule has 0 fully saturated rings. The highest BCUT2D eigenvalue weighted by molar-refractivity contribution is 8.03. The zero-order valence-electron chi connectivity index (χ0n) is 24.7. The number of anilines is 2. The number of thioether (sulfide) groups is 1. The van der Waals surface area contributed by atoms with Crippen molar-refractivity contribution in [3.63, 3.8) is 0 Å². The predicted molar refractivity (Wildman–Crippen MR) is 180 cm³/mol. The van der Waals surface area contributed by atoms with Gasteiger partial charge in [-0.05, 0) is 60.2 Å². The molecule has 0 atom stereocenters. The molecule has 238 valence electrons. The van der Waals surface area contributed by atoms with Gasteiger partial charge in [-0.2, -0.15) is 13.0 Å². The molecule has 2 N–H and O–H groups in total. The van der Waals surface area contributed by atoms with Crippen LogP contribution in [0, 0.1) is 0 Å². The number of hydrogen-bond acceptors (Lipinski definition) is 9. The highest BCUT2D eigenvalue weighted by atomic mass is 32.2. The quantitative estimate of drug-likeness (QED) is 0.140. The number of aryl methyl sites for hydroxylation is 1. The maximum atomic E-state index is 11.7. The molecule has 0 bridgehead atoms. The Morgan fingerprint density at radius 3 is 2.56 bits per heavy atom. The van der Waals surface area contributed by atoms with Crippen LogP contribution in [0.3, 0.4) is 0 Å². The second kappa shape index (κ2) is 13.6. The molecule has 14 heteroatoms. The van der Waals surface area contributed by atoms with Gasteiger partial charge in [0.1, 0.15) is 4.70 Å². The van der Waals surface area contributed by atoms with Crippen molar-refractivity contribution in [3.8, 4) is 0 Å². The van der Waals surface area contributed by atoms with E-state index in [1.807, 2.05) is 60.4 Å². The molecule has 2 heterocycles. The van der Waals surface area contributed by atoms with E-state index in [1.165, 1.54) is 18.7 Å². The van der Waals surface area contributed by atoms with Gasteiger partial charge in [0.2, 0.25) is 11.4 Å². The number of aromatic nitrogens is 1. The molecule has 0 radical (unpaired) electrons. The molecule has 3 aromatic carbocycles. The van der Waals surface area contributed by atoms with Crippen LogP contribution in [-0.4, -0.2) is 49.9 Å². The molecule has 0 unspecified atom stereocenters. The van der Waals surface area contributed by atoms with Crippen molar-refractivity contribution in [1.29, 1.82) is 0 Å². The van der Waals surface area contributed by atoms with E-state index in [2.05, 4.69) is 28.1 Å². The number of hydrogen-bond donors (Lipinski definition) is 2. The monoisotopic (exact) mass is 687 g/mol. The van der Waals surface area contributed by atoms with Crippen LogP contribution in [0.2, 0.25) is 0 Å². The van der Waals surface area contributed by atoms with E-state index in [0.717, 1.165) is 47.2 Å². The van der Waals surface area contributed by atoms with Crippen molar-refractivity contribution in [3.05, 3.63) is 76.3 Å². The van der Waals surface area contributed by atoms with Gasteiger partial charge in [-0.3, -0.25) is 9.35 Å². The summed E-state index contributed by atoms with van der Waals surface area (Å²) in [7, 11) is -8.49. The van der Waals surface area contributed by atoms with Crippen LogP contribution in [-0.2, 0) is 31.6 Å². The fraction of sp³-hybridized carbons (Fsp3) is 0.290. The third kappa shape index (κ3) is 8.31. The van der Waals surface area contributed by atoms with Crippen molar-refractivity contribution in [2.75, 3.05) is 28.3 Å². The third-order valence-electron chi connectivity index (χ3n) is 7.25. The van der Waals surface area contributed by atoms with Gasteiger partial charge < -0.3 is 14.8 Å². The molecular weight excluding hydrogens is 655 g/mol. The van der Waals surface area contributed by atoms with Gasteiger partial charge >= 0.3 is 0 Å². The van der Waals surface area contributed by atoms with Gasteiger partial charge in [-0.15, -0.1) is 0 Å². The maximum Gasteiger partial charge on any atom is 0.265 e. The maximum absolute atomic E-state index is 11.7. The number of carbonyl (C=O) groups is 1. The van der Waals surface area contributed by atoms with Crippen LogP contribution in [0.25, 0.3) is 27.1 Å². The van der Waals surface area contributed by atoms with Crippen molar-refractivity contribution in [2.45, 2.75) is 44.6 Å². The fourth-order valence-electron chi connectivity index (χ4n) is 5.29. The molecule has 4 aromatic rings. The average molecular weight is 688 g/mol. The normalized spacial score (nSPS) is 14.9. The number of fused-ring (bicyclic) bond motifs is 4. The number of amides is 1. The van der Waals surface area contributed by atoms with E-state index in [-0.39, 0.29) is 24.5 Å². The first-order chi connectivity index (χ1) is 21.3. The summed E-state index contributed by atoms with van der Waals surface area (Å²) >= 11 is 3.11. The first-order valence-corrected chi connectivity index (χ1v) is 19.2. The molecule has 1 aromatic heterocycles. The second-order valence-electron chi connectivity index (χ2n) is 10.7. The number of carbonyl (C=O) groups excluding carboxylic acids is 1. The highest BCUT2D eigenvalue weighted by Gasteiger charge is 2.27. The van der Waals surface area contributed by atoms with Crippen molar-refractivity contribution >= 4 is 87.7 Å². The van der Waals surface area contributed by atoms with Crippen LogP contribution in [0.1, 0.15) is 38.1 Å². The summed E-state index contributed by atoms with van der Waals surface area (Å²) in [5.41, 5.74) is 3.40. The van der Waals surface area contributed by atoms with Crippen LogP contribution in [0.15, 0.2) is 76.2 Å². The summed E-state index contributed by atoms with van der Waals surface area (Å²) < 4.78 is 69.6. The van der Waals surface area contributed by atoms with Crippen molar-refractivity contribution in [1.82, 2.24) is 0 Å². The molecule has 1 aliphatic rings. The number of allylic oxidation sites excluding steroid dienone is 2. The van der Waals surface area contributed by atoms with E-state index in [9.17, 15) is 30.7 Å². The SMILES string of the molecule is CCC(/C=C1\Sc2ccc(NC(C)=O)cc2N1CCCS(=O)(=O)[O-])=C\c1sc2ccc3ccccc3c2[n+]1CCCS(=O)(=O)O. The Balaban J connectivity index is 1.57. The van der Waals surface area contributed by atoms with Gasteiger partial charge in [0.15, 0.2) is 6.54 Å². The summed E-state index contributed by atoms with van der Waals surface area (Å²) in [6.45, 7) is 4.13. The number of rotatable bonds is 12. The predicted octanol–water partition coefficient (Wildman–Crippen LogP) is 5.76. The minimum absolute atomic E-state index is 0.135. The first kappa shape index (κ1) is 33.1. The molecule has 1 amide bonds. The Morgan fingerprint density at radius 2 is 1.84 bits per heavy atom. The van der Waals surface area contributed by atoms with Gasteiger partial charge in [0.25, 0.3) is 15.1 Å². The lowest BCUT2D eigenvalue weighted by Gasteiger charge is -2.22. The lowest BCUT2D eigenvalue weighted by molar-refractivity contribution is -0.667. The standard InChI is InChI=1S/C31H33N3O7S4/c1-3-22(18-29-33(14-6-16-44(36,37)38)26-20-24(32-21(2)35)11-13-27(26)42-29)19-30-34(15-7-17-45(39,40)41)31-25-9-5-4-8-23(25)10-12-28(31)43-30/h4-5,8-13,18-20H,3,6-7,14-17H2,1-2H3,(H2-,32,35,36,37,38,39,40,41). The third-order valence-corrected chi connectivity index (χ3v) is 11.1. The smallest absolute Gasteiger partial charge is 0.265 e. The second-order valence-corrected chi connectivity index (χ2v) is 15.9. The average Bonchev–Trinajstić information content (AvgIpc) is 3.48. The van der Waals surface area contributed by atoms with Gasteiger partial charge in [-0.25, -0.2) is 8.42 Å². The minimum Gasteiger partial charge on any atom is -0.748 e. The van der Waals surface area contributed by atoms with Crippen molar-refractivity contribution < 1.29 is 35.3 Å². The summed E-state index contributed by atoms with van der Waals surface area (Å²) in [5, 5.41) is 6.67. The van der Waals surface area contributed by atoms with Gasteiger partial charge in [-0.1, -0.05) is 54.3 Å². The molecule has 0 saturated heterocycles. The zero-order valence-corrected chi connectivity index (χ0v) is 28.0. The number of benzene rings is 3. The van der Waals surface area contributed by atoms with Crippen LogP contribution < -0.4 is 14.8 Å². The molecule has 5 rings (SSSR count). The van der Waals surface area contributed by atoms with E-state index >= 15 is 0 Å². The number of thiazole rings is 1. The van der Waals surface area contributed by atoms with Crippen LogP contribution in [0.5, 0.6) is 0 Å². The van der Waals surface area contributed by atoms with Crippen LogP contribution >= 0.6 is 23.1 Å². The Kier molecular flexibility index (Phi) is 10.0. The van der Waals surface area contributed by atoms with E-state index < -0.39 is 26.0 Å². The molecule has 10 nitrogen and oxygen atoms in total. The zero-order chi connectivity index (χ0) is 32.4. The topological polar surface area (TPSA) is 148 Å². The Bertz CT molecular complexity index is 2050. The Labute approximate surface area is 270 Å². The summed E-state index contributed by atoms with van der Waals surface area (Å²) in [6.07, 6.45) is 5.16. The summed E-state index contributed by atoms with van der Waals surface area (Å²) in [5.74, 6) is -1.05. The van der Waals surface area contributed by atoms with Crippen molar-refractivity contribution in [2.24, 2.45) is 0 Å². The first-order valence-electron chi connectivity index (χ1n) is 14.3. The minimum atomic E-state index is -4.38. The Morgan fingerprint density at radius 1 is 1.07 bits per heavy atom. The Hall–Kier alpha value is -3.27. The van der Waals surface area contributed by atoms with E-state index in [1.54, 1.807) is 11.3 Å². The summed E-state index contributed by atoms with van der Waals surface area (Å²) in [6, 6.07) is 17.7. The summed E-state index contributed by atoms with van der Waals surface area (Å²) in [4.78, 5) is 14.6.